The minimum atomic E-state index is -0.916. The molecule has 0 radical (unpaired) electrons. The van der Waals surface area contributed by atoms with E-state index in [-0.39, 0.29) is 24.2 Å². The average Bonchev–Trinajstić information content (AvgIpc) is 2.94. The highest BCUT2D eigenvalue weighted by atomic mass is 79.9. The first kappa shape index (κ1) is 16.7. The Morgan fingerprint density at radius 2 is 2.08 bits per heavy atom. The van der Waals surface area contributed by atoms with Crippen LogP contribution in [-0.2, 0) is 11.3 Å². The van der Waals surface area contributed by atoms with Crippen LogP contribution in [0.2, 0.25) is 5.02 Å². The summed E-state index contributed by atoms with van der Waals surface area (Å²) in [6.07, 6.45) is 1.38. The third-order valence-electron chi connectivity index (χ3n) is 3.50. The Morgan fingerprint density at radius 1 is 1.33 bits per heavy atom. The summed E-state index contributed by atoms with van der Waals surface area (Å²) in [6.45, 7) is 0.233. The van der Waals surface area contributed by atoms with Gasteiger partial charge < -0.3 is 15.0 Å². The van der Waals surface area contributed by atoms with Crippen LogP contribution in [-0.4, -0.2) is 20.6 Å². The number of aliphatic carboxylic acids is 1. The molecule has 3 rings (SSSR count). The van der Waals surface area contributed by atoms with Crippen LogP contribution in [0.5, 0.6) is 0 Å². The summed E-state index contributed by atoms with van der Waals surface area (Å²) < 4.78 is 17.1. The molecule has 0 fully saturated rings. The van der Waals surface area contributed by atoms with Gasteiger partial charge in [-0.1, -0.05) is 27.5 Å². The molecule has 0 amide bonds. The molecular weight excluding hydrogens is 401 g/mol. The summed E-state index contributed by atoms with van der Waals surface area (Å²) in [5.74, 6) is -1.43. The Morgan fingerprint density at radius 3 is 2.79 bits per heavy atom. The Balaban J connectivity index is 1.93. The molecule has 0 aliphatic carbocycles. The van der Waals surface area contributed by atoms with Crippen LogP contribution in [0.3, 0.4) is 0 Å². The molecule has 0 saturated heterocycles. The fraction of sp³-hybridized carbons (Fsp3) is 0.125. The third kappa shape index (κ3) is 3.37. The number of hydrogen-bond donors (Lipinski definition) is 2. The topological polar surface area (TPSA) is 67.1 Å². The van der Waals surface area contributed by atoms with Crippen molar-refractivity contribution in [1.29, 1.82) is 0 Å². The van der Waals surface area contributed by atoms with Crippen molar-refractivity contribution in [3.05, 3.63) is 52.0 Å². The number of carbonyl (C=O) groups is 1. The van der Waals surface area contributed by atoms with E-state index in [0.717, 1.165) is 4.47 Å². The van der Waals surface area contributed by atoms with E-state index >= 15 is 0 Å². The molecule has 24 heavy (non-hydrogen) atoms. The lowest BCUT2D eigenvalue weighted by molar-refractivity contribution is -0.137. The second-order valence-electron chi connectivity index (χ2n) is 5.13. The Hall–Kier alpha value is -2.12. The molecule has 0 atom stereocenters. The number of benzene rings is 2. The fourth-order valence-electron chi connectivity index (χ4n) is 2.33. The van der Waals surface area contributed by atoms with Gasteiger partial charge in [-0.25, -0.2) is 9.37 Å². The largest absolute Gasteiger partial charge is 0.481 e. The maximum atomic E-state index is 14.7. The lowest BCUT2D eigenvalue weighted by Gasteiger charge is -2.10. The van der Waals surface area contributed by atoms with E-state index in [9.17, 15) is 9.18 Å². The number of rotatable bonds is 5. The zero-order valence-electron chi connectivity index (χ0n) is 12.3. The van der Waals surface area contributed by atoms with Crippen molar-refractivity contribution in [2.24, 2.45) is 0 Å². The molecule has 8 heteroatoms. The number of carboxylic acid groups (broad SMARTS) is 1. The number of fused-ring (bicyclic) bond motifs is 1. The molecule has 5 nitrogen and oxygen atoms in total. The molecule has 0 aliphatic heterocycles. The van der Waals surface area contributed by atoms with Gasteiger partial charge in [0, 0.05) is 11.0 Å². The number of anilines is 2. The van der Waals surface area contributed by atoms with Gasteiger partial charge in [-0.2, -0.15) is 0 Å². The molecule has 1 aromatic heterocycles. The van der Waals surface area contributed by atoms with E-state index < -0.39 is 11.8 Å². The monoisotopic (exact) mass is 411 g/mol. The molecule has 0 spiro atoms. The fourth-order valence-corrected chi connectivity index (χ4v) is 3.05. The van der Waals surface area contributed by atoms with E-state index in [1.54, 1.807) is 34.9 Å². The Kier molecular flexibility index (Phi) is 4.73. The number of hydrogen-bond acceptors (Lipinski definition) is 3. The first-order chi connectivity index (χ1) is 11.5. The smallest absolute Gasteiger partial charge is 0.305 e. The summed E-state index contributed by atoms with van der Waals surface area (Å²) in [7, 11) is 0. The number of aromatic nitrogens is 2. The van der Waals surface area contributed by atoms with E-state index in [2.05, 4.69) is 26.2 Å². The Bertz CT molecular complexity index is 929. The van der Waals surface area contributed by atoms with Crippen molar-refractivity contribution in [2.75, 3.05) is 5.32 Å². The normalized spacial score (nSPS) is 11.0. The van der Waals surface area contributed by atoms with Gasteiger partial charge in [0.1, 0.15) is 5.52 Å². The third-order valence-corrected chi connectivity index (χ3v) is 4.30. The van der Waals surface area contributed by atoms with E-state index in [1.165, 1.54) is 6.33 Å². The minimum Gasteiger partial charge on any atom is -0.481 e. The molecule has 0 unspecified atom stereocenters. The lowest BCUT2D eigenvalue weighted by Crippen LogP contribution is -2.03. The highest BCUT2D eigenvalue weighted by molar-refractivity contribution is 9.10. The van der Waals surface area contributed by atoms with Gasteiger partial charge in [-0.15, -0.1) is 0 Å². The molecular formula is C16H12BrClFN3O2. The van der Waals surface area contributed by atoms with Crippen LogP contribution in [0.1, 0.15) is 6.42 Å². The maximum absolute atomic E-state index is 14.7. The predicted molar refractivity (Wildman–Crippen MR) is 94.4 cm³/mol. The van der Waals surface area contributed by atoms with Crippen molar-refractivity contribution in [1.82, 2.24) is 9.55 Å². The highest BCUT2D eigenvalue weighted by Gasteiger charge is 2.14. The molecule has 2 N–H and O–H groups in total. The number of halogens is 3. The minimum absolute atomic E-state index is 0.0540. The molecule has 1 heterocycles. The highest BCUT2D eigenvalue weighted by Crippen LogP contribution is 2.31. The first-order valence-corrected chi connectivity index (χ1v) is 8.20. The van der Waals surface area contributed by atoms with Crippen LogP contribution < -0.4 is 5.32 Å². The number of nitrogens with one attached hydrogen (secondary N) is 1. The first-order valence-electron chi connectivity index (χ1n) is 7.03. The number of carboxylic acids is 1. The van der Waals surface area contributed by atoms with Gasteiger partial charge in [-0.05, 0) is 30.3 Å². The van der Waals surface area contributed by atoms with Crippen molar-refractivity contribution < 1.29 is 14.3 Å². The summed E-state index contributed by atoms with van der Waals surface area (Å²) in [5, 5.41) is 12.2. The van der Waals surface area contributed by atoms with Crippen LogP contribution in [0, 0.1) is 5.82 Å². The molecule has 2 aromatic carbocycles. The molecule has 124 valence electrons. The number of aryl methyl sites for hydroxylation is 1. The quantitative estimate of drug-likeness (QED) is 0.631. The van der Waals surface area contributed by atoms with E-state index in [1.807, 2.05) is 0 Å². The van der Waals surface area contributed by atoms with Crippen molar-refractivity contribution in [3.8, 4) is 0 Å². The maximum Gasteiger partial charge on any atom is 0.305 e. The van der Waals surface area contributed by atoms with Crippen LogP contribution in [0.25, 0.3) is 11.0 Å². The summed E-state index contributed by atoms with van der Waals surface area (Å²) >= 11 is 9.45. The van der Waals surface area contributed by atoms with Crippen LogP contribution in [0.15, 0.2) is 41.1 Å². The van der Waals surface area contributed by atoms with Gasteiger partial charge in [0.2, 0.25) is 0 Å². The van der Waals surface area contributed by atoms with Crippen LogP contribution >= 0.6 is 27.5 Å². The standard InChI is InChI=1S/C16H12BrClFN3O2/c17-9-1-2-11(10(18)7-9)21-12-3-4-13-16(15(12)19)20-8-22(13)6-5-14(23)24/h1-4,7-8,21H,5-6H2,(H,23,24). The van der Waals surface area contributed by atoms with Gasteiger partial charge in [0.05, 0.1) is 34.7 Å². The Labute approximate surface area is 150 Å². The summed E-state index contributed by atoms with van der Waals surface area (Å²) in [4.78, 5) is 14.7. The van der Waals surface area contributed by atoms with Crippen molar-refractivity contribution >= 4 is 55.9 Å². The SMILES string of the molecule is O=C(O)CCn1cnc2c(F)c(Nc3ccc(Br)cc3Cl)ccc21. The molecule has 0 saturated carbocycles. The van der Waals surface area contributed by atoms with Crippen LogP contribution in [0.4, 0.5) is 15.8 Å². The van der Waals surface area contributed by atoms with Gasteiger partial charge in [-0.3, -0.25) is 4.79 Å². The van der Waals surface area contributed by atoms with Crippen molar-refractivity contribution in [3.63, 3.8) is 0 Å². The van der Waals surface area contributed by atoms with Gasteiger partial charge >= 0.3 is 5.97 Å². The summed E-state index contributed by atoms with van der Waals surface area (Å²) in [6, 6.07) is 8.52. The zero-order chi connectivity index (χ0) is 17.3. The predicted octanol–water partition coefficient (Wildman–Crippen LogP) is 4.81. The average molecular weight is 413 g/mol. The van der Waals surface area contributed by atoms with Gasteiger partial charge in [0.25, 0.3) is 0 Å². The zero-order valence-corrected chi connectivity index (χ0v) is 14.6. The van der Waals surface area contributed by atoms with E-state index in [4.69, 9.17) is 16.7 Å². The van der Waals surface area contributed by atoms with Gasteiger partial charge in [0.15, 0.2) is 5.82 Å². The number of nitrogens with zero attached hydrogens (tertiary/aromatic N) is 2. The lowest BCUT2D eigenvalue weighted by atomic mass is 10.2. The molecule has 0 bridgehead atoms. The summed E-state index contributed by atoms with van der Waals surface area (Å²) in [5.41, 5.74) is 1.54. The molecule has 3 aromatic rings. The van der Waals surface area contributed by atoms with E-state index in [0.29, 0.717) is 16.2 Å². The number of imidazole rings is 1. The van der Waals surface area contributed by atoms with Crippen molar-refractivity contribution in [2.45, 2.75) is 13.0 Å². The second-order valence-corrected chi connectivity index (χ2v) is 6.45. The second kappa shape index (κ2) is 6.78. The molecule has 0 aliphatic rings.